The molecule has 128 valence electrons. The number of nitrogens with one attached hydrogen (secondary N) is 1. The average molecular weight is 346 g/mol. The Labute approximate surface area is 147 Å². The molecule has 0 unspecified atom stereocenters. The first-order valence-electron chi connectivity index (χ1n) is 7.94. The normalized spacial score (nSPS) is 10.9. The number of pyridine rings is 1. The van der Waals surface area contributed by atoms with Crippen LogP contribution in [0.2, 0.25) is 0 Å². The number of hydrogen-bond donors (Lipinski definition) is 2. The molecule has 0 aliphatic carbocycles. The Bertz CT molecular complexity index is 1160. The summed E-state index contributed by atoms with van der Waals surface area (Å²) in [5.74, 6) is 0.367. The van der Waals surface area contributed by atoms with Gasteiger partial charge in [-0.3, -0.25) is 9.59 Å². The predicted octanol–water partition coefficient (Wildman–Crippen LogP) is 2.27. The number of rotatable bonds is 4. The predicted molar refractivity (Wildman–Crippen MR) is 95.6 cm³/mol. The molecule has 4 aromatic rings. The van der Waals surface area contributed by atoms with Crippen molar-refractivity contribution in [2.75, 3.05) is 0 Å². The van der Waals surface area contributed by atoms with Gasteiger partial charge in [0.15, 0.2) is 5.82 Å². The van der Waals surface area contributed by atoms with Crippen molar-refractivity contribution in [3.63, 3.8) is 0 Å². The molecule has 0 aliphatic heterocycles. The zero-order chi connectivity index (χ0) is 18.1. The second-order valence-corrected chi connectivity index (χ2v) is 5.83. The lowest BCUT2D eigenvalue weighted by molar-refractivity contribution is 0.100. The lowest BCUT2D eigenvalue weighted by Crippen LogP contribution is -2.10. The summed E-state index contributed by atoms with van der Waals surface area (Å²) < 4.78 is 5.38. The van der Waals surface area contributed by atoms with Crippen LogP contribution in [0.3, 0.4) is 0 Å². The van der Waals surface area contributed by atoms with E-state index in [0.29, 0.717) is 34.6 Å². The van der Waals surface area contributed by atoms with Crippen LogP contribution < -0.4 is 11.3 Å². The molecule has 0 bridgehead atoms. The molecule has 0 radical (unpaired) electrons. The van der Waals surface area contributed by atoms with Crippen LogP contribution in [0, 0.1) is 0 Å². The summed E-state index contributed by atoms with van der Waals surface area (Å²) in [4.78, 5) is 30.2. The first kappa shape index (κ1) is 15.8. The van der Waals surface area contributed by atoms with Gasteiger partial charge >= 0.3 is 0 Å². The quantitative estimate of drug-likeness (QED) is 0.588. The highest BCUT2D eigenvalue weighted by atomic mass is 16.5. The number of fused-ring (bicyclic) bond motifs is 1. The number of nitrogens with zero attached hydrogens (tertiary/aromatic N) is 2. The Kier molecular flexibility index (Phi) is 3.81. The lowest BCUT2D eigenvalue weighted by Gasteiger charge is -2.01. The molecule has 1 amide bonds. The van der Waals surface area contributed by atoms with Gasteiger partial charge < -0.3 is 15.2 Å². The van der Waals surface area contributed by atoms with E-state index >= 15 is 0 Å². The van der Waals surface area contributed by atoms with Gasteiger partial charge in [-0.05, 0) is 23.8 Å². The second-order valence-electron chi connectivity index (χ2n) is 5.83. The molecule has 0 aliphatic rings. The van der Waals surface area contributed by atoms with Crippen molar-refractivity contribution in [2.24, 2.45) is 5.73 Å². The number of benzene rings is 2. The van der Waals surface area contributed by atoms with Gasteiger partial charge in [-0.1, -0.05) is 35.5 Å². The van der Waals surface area contributed by atoms with E-state index in [1.54, 1.807) is 42.6 Å². The summed E-state index contributed by atoms with van der Waals surface area (Å²) in [6, 6.07) is 14.2. The Hall–Kier alpha value is -3.74. The third-order valence-electron chi connectivity index (χ3n) is 4.11. The molecule has 2 heterocycles. The number of aromatic amines is 1. The number of amides is 1. The van der Waals surface area contributed by atoms with E-state index in [1.165, 1.54) is 0 Å². The minimum Gasteiger partial charge on any atom is -0.366 e. The van der Waals surface area contributed by atoms with Crippen LogP contribution in [0.15, 0.2) is 64.0 Å². The van der Waals surface area contributed by atoms with E-state index in [0.717, 1.165) is 10.9 Å². The number of hydrogen-bond acceptors (Lipinski definition) is 5. The van der Waals surface area contributed by atoms with Crippen molar-refractivity contribution in [3.8, 4) is 11.5 Å². The summed E-state index contributed by atoms with van der Waals surface area (Å²) >= 11 is 0. The fourth-order valence-electron chi connectivity index (χ4n) is 2.79. The summed E-state index contributed by atoms with van der Waals surface area (Å²) in [6.07, 6.45) is 2.02. The fourth-order valence-corrected chi connectivity index (χ4v) is 2.79. The zero-order valence-electron chi connectivity index (χ0n) is 13.6. The molecule has 4 rings (SSSR count). The van der Waals surface area contributed by atoms with Crippen molar-refractivity contribution in [3.05, 3.63) is 82.0 Å². The van der Waals surface area contributed by atoms with E-state index in [2.05, 4.69) is 15.1 Å². The Morgan fingerprint density at radius 2 is 1.81 bits per heavy atom. The van der Waals surface area contributed by atoms with Crippen LogP contribution >= 0.6 is 0 Å². The molecule has 7 heteroatoms. The molecule has 3 N–H and O–H groups in total. The molecular weight excluding hydrogens is 332 g/mol. The van der Waals surface area contributed by atoms with E-state index in [9.17, 15) is 9.59 Å². The Morgan fingerprint density at radius 1 is 1.08 bits per heavy atom. The van der Waals surface area contributed by atoms with Crippen LogP contribution in [-0.2, 0) is 6.42 Å². The number of primary amides is 1. The maximum atomic E-state index is 11.9. The van der Waals surface area contributed by atoms with E-state index < -0.39 is 5.91 Å². The Morgan fingerprint density at radius 3 is 2.54 bits per heavy atom. The van der Waals surface area contributed by atoms with Crippen molar-refractivity contribution < 1.29 is 9.32 Å². The lowest BCUT2D eigenvalue weighted by atomic mass is 10.1. The fraction of sp³-hybridized carbons (Fsp3) is 0.0526. The summed E-state index contributed by atoms with van der Waals surface area (Å²) in [6.45, 7) is 0. The van der Waals surface area contributed by atoms with Crippen LogP contribution in [0.25, 0.3) is 22.2 Å². The molecule has 0 saturated heterocycles. The smallest absolute Gasteiger partial charge is 0.260 e. The highest BCUT2D eigenvalue weighted by molar-refractivity contribution is 5.93. The van der Waals surface area contributed by atoms with Gasteiger partial charge in [-0.25, -0.2) is 0 Å². The number of aromatic nitrogens is 3. The monoisotopic (exact) mass is 346 g/mol. The standard InChI is InChI=1S/C19H14N4O3/c20-17(24)12-7-5-11(6-8-12)9-16-22-19(26-23-16)15-10-21-18(25)14-4-2-1-3-13(14)15/h1-8,10H,9H2,(H2,20,24)(H,21,25). The van der Waals surface area contributed by atoms with Crippen molar-refractivity contribution in [1.82, 2.24) is 15.1 Å². The van der Waals surface area contributed by atoms with Gasteiger partial charge in [0.05, 0.1) is 5.56 Å². The van der Waals surface area contributed by atoms with Gasteiger partial charge in [0, 0.05) is 29.0 Å². The molecule has 0 fully saturated rings. The van der Waals surface area contributed by atoms with Crippen molar-refractivity contribution in [1.29, 1.82) is 0 Å². The van der Waals surface area contributed by atoms with Crippen LogP contribution in [0.5, 0.6) is 0 Å². The molecule has 0 spiro atoms. The number of carbonyl (C=O) groups excluding carboxylic acids is 1. The summed E-state index contributed by atoms with van der Waals surface area (Å²) in [5, 5.41) is 5.31. The van der Waals surface area contributed by atoms with Gasteiger partial charge in [0.2, 0.25) is 5.91 Å². The third kappa shape index (κ3) is 2.86. The van der Waals surface area contributed by atoms with Gasteiger partial charge in [-0.2, -0.15) is 4.98 Å². The maximum Gasteiger partial charge on any atom is 0.260 e. The molecule has 7 nitrogen and oxygen atoms in total. The summed E-state index contributed by atoms with van der Waals surface area (Å²) in [5.41, 5.74) is 7.11. The topological polar surface area (TPSA) is 115 Å². The molecule has 2 aromatic carbocycles. The minimum absolute atomic E-state index is 0.168. The average Bonchev–Trinajstić information content (AvgIpc) is 3.11. The molecule has 26 heavy (non-hydrogen) atoms. The van der Waals surface area contributed by atoms with Crippen LogP contribution in [0.4, 0.5) is 0 Å². The molecule has 2 aromatic heterocycles. The largest absolute Gasteiger partial charge is 0.366 e. The number of nitrogens with two attached hydrogens (primary N) is 1. The van der Waals surface area contributed by atoms with Gasteiger partial charge in [0.25, 0.3) is 11.4 Å². The minimum atomic E-state index is -0.469. The Balaban J connectivity index is 1.66. The number of carbonyl (C=O) groups is 1. The SMILES string of the molecule is NC(=O)c1ccc(Cc2noc(-c3c[nH]c(=O)c4ccccc34)n2)cc1. The number of H-pyrrole nitrogens is 1. The zero-order valence-corrected chi connectivity index (χ0v) is 13.6. The van der Waals surface area contributed by atoms with Crippen LogP contribution in [0.1, 0.15) is 21.7 Å². The van der Waals surface area contributed by atoms with E-state index in [4.69, 9.17) is 10.3 Å². The molecule has 0 saturated carbocycles. The first-order valence-corrected chi connectivity index (χ1v) is 7.94. The first-order chi connectivity index (χ1) is 12.6. The second kappa shape index (κ2) is 6.29. The van der Waals surface area contributed by atoms with Crippen LogP contribution in [-0.4, -0.2) is 21.0 Å². The molecule has 0 atom stereocenters. The van der Waals surface area contributed by atoms with Crippen molar-refractivity contribution in [2.45, 2.75) is 6.42 Å². The third-order valence-corrected chi connectivity index (χ3v) is 4.11. The highest BCUT2D eigenvalue weighted by Crippen LogP contribution is 2.24. The molecular formula is C19H14N4O3. The van der Waals surface area contributed by atoms with Gasteiger partial charge in [-0.15, -0.1) is 0 Å². The highest BCUT2D eigenvalue weighted by Gasteiger charge is 2.14. The van der Waals surface area contributed by atoms with E-state index in [1.807, 2.05) is 12.1 Å². The maximum absolute atomic E-state index is 11.9. The van der Waals surface area contributed by atoms with Crippen molar-refractivity contribution >= 4 is 16.7 Å². The van der Waals surface area contributed by atoms with Gasteiger partial charge in [0.1, 0.15) is 0 Å². The summed E-state index contributed by atoms with van der Waals surface area (Å²) in [7, 11) is 0. The van der Waals surface area contributed by atoms with E-state index in [-0.39, 0.29) is 5.56 Å².